The topological polar surface area (TPSA) is 68.7 Å². The number of anilines is 1. The first-order valence-corrected chi connectivity index (χ1v) is 6.14. The number of aromatic amines is 1. The van der Waals surface area contributed by atoms with E-state index >= 15 is 0 Å². The fraction of sp³-hybridized carbons (Fsp3) is 0.200. The number of nitrogens with one attached hydrogen (secondary N) is 2. The van der Waals surface area contributed by atoms with Crippen molar-refractivity contribution >= 4 is 5.69 Å². The highest BCUT2D eigenvalue weighted by atomic mass is 19.1. The number of pyridine rings is 1. The minimum absolute atomic E-state index is 0.177. The van der Waals surface area contributed by atoms with Gasteiger partial charge in [-0.25, -0.2) is 4.39 Å². The van der Waals surface area contributed by atoms with Gasteiger partial charge in [0.1, 0.15) is 5.82 Å². The number of halogens is 1. The van der Waals surface area contributed by atoms with Crippen LogP contribution in [0.25, 0.3) is 0 Å². The second kappa shape index (κ2) is 5.57. The second-order valence-corrected chi connectivity index (χ2v) is 4.60. The Bertz CT molecular complexity index is 744. The Balaban J connectivity index is 2.22. The van der Waals surface area contributed by atoms with E-state index in [9.17, 15) is 9.18 Å². The molecule has 5 heteroatoms. The van der Waals surface area contributed by atoms with Crippen molar-refractivity contribution in [2.45, 2.75) is 20.4 Å². The van der Waals surface area contributed by atoms with Crippen molar-refractivity contribution in [1.29, 1.82) is 5.26 Å². The van der Waals surface area contributed by atoms with Crippen molar-refractivity contribution in [3.05, 3.63) is 62.8 Å². The molecule has 1 aromatic heterocycles. The van der Waals surface area contributed by atoms with Crippen LogP contribution in [0.2, 0.25) is 0 Å². The van der Waals surface area contributed by atoms with Gasteiger partial charge in [-0.2, -0.15) is 5.26 Å². The molecule has 1 aromatic carbocycles. The van der Waals surface area contributed by atoms with Crippen molar-refractivity contribution in [2.24, 2.45) is 0 Å². The monoisotopic (exact) mass is 271 g/mol. The van der Waals surface area contributed by atoms with Crippen LogP contribution in [0.15, 0.2) is 29.1 Å². The highest BCUT2D eigenvalue weighted by molar-refractivity contribution is 5.49. The molecular formula is C15H14FN3O. The van der Waals surface area contributed by atoms with E-state index in [4.69, 9.17) is 5.26 Å². The van der Waals surface area contributed by atoms with Gasteiger partial charge in [-0.05, 0) is 43.7 Å². The largest absolute Gasteiger partial charge is 0.378 e. The molecule has 102 valence electrons. The summed E-state index contributed by atoms with van der Waals surface area (Å²) < 4.78 is 13.7. The maximum Gasteiger partial charge on any atom is 0.253 e. The average molecular weight is 271 g/mol. The number of aromatic nitrogens is 1. The number of hydrogen-bond donors (Lipinski definition) is 2. The van der Waals surface area contributed by atoms with Gasteiger partial charge < -0.3 is 10.3 Å². The molecule has 2 N–H and O–H groups in total. The molecule has 0 unspecified atom stereocenters. The van der Waals surface area contributed by atoms with E-state index in [1.165, 1.54) is 12.1 Å². The molecule has 0 saturated heterocycles. The van der Waals surface area contributed by atoms with Crippen molar-refractivity contribution in [3.63, 3.8) is 0 Å². The van der Waals surface area contributed by atoms with E-state index in [-0.39, 0.29) is 23.4 Å². The third-order valence-corrected chi connectivity index (χ3v) is 3.05. The van der Waals surface area contributed by atoms with Crippen LogP contribution in [0, 0.1) is 31.0 Å². The van der Waals surface area contributed by atoms with Crippen LogP contribution in [0.4, 0.5) is 10.1 Å². The number of nitrogens with zero attached hydrogens (tertiary/aromatic N) is 1. The second-order valence-electron chi connectivity index (χ2n) is 4.60. The molecule has 0 amide bonds. The van der Waals surface area contributed by atoms with E-state index in [1.807, 2.05) is 26.0 Å². The summed E-state index contributed by atoms with van der Waals surface area (Å²) in [7, 11) is 0. The predicted molar refractivity (Wildman–Crippen MR) is 75.0 cm³/mol. The first kappa shape index (κ1) is 13.8. The molecule has 0 radical (unpaired) electrons. The van der Waals surface area contributed by atoms with Gasteiger partial charge in [0.25, 0.3) is 5.56 Å². The van der Waals surface area contributed by atoms with Gasteiger partial charge in [0.05, 0.1) is 17.3 Å². The van der Waals surface area contributed by atoms with Crippen molar-refractivity contribution in [3.8, 4) is 6.07 Å². The van der Waals surface area contributed by atoms with Crippen LogP contribution >= 0.6 is 0 Å². The van der Waals surface area contributed by atoms with Crippen LogP contribution < -0.4 is 10.9 Å². The van der Waals surface area contributed by atoms with Gasteiger partial charge in [0, 0.05) is 17.8 Å². The fourth-order valence-electron chi connectivity index (χ4n) is 2.01. The highest BCUT2D eigenvalue weighted by Crippen LogP contribution is 2.16. The molecule has 0 aliphatic rings. The molecule has 0 bridgehead atoms. The van der Waals surface area contributed by atoms with Crippen LogP contribution in [0.3, 0.4) is 0 Å². The molecule has 1 heterocycles. The highest BCUT2D eigenvalue weighted by Gasteiger charge is 2.07. The smallest absolute Gasteiger partial charge is 0.253 e. The number of benzene rings is 1. The Hall–Kier alpha value is -2.61. The van der Waals surface area contributed by atoms with E-state index in [1.54, 1.807) is 0 Å². The van der Waals surface area contributed by atoms with Crippen molar-refractivity contribution < 1.29 is 4.39 Å². The van der Waals surface area contributed by atoms with Gasteiger partial charge in [-0.15, -0.1) is 0 Å². The first-order chi connectivity index (χ1) is 9.51. The first-order valence-electron chi connectivity index (χ1n) is 6.14. The molecular weight excluding hydrogens is 257 g/mol. The Kier molecular flexibility index (Phi) is 3.85. The van der Waals surface area contributed by atoms with E-state index in [2.05, 4.69) is 10.3 Å². The normalized spacial score (nSPS) is 10.1. The van der Waals surface area contributed by atoms with Gasteiger partial charge in [0.2, 0.25) is 0 Å². The lowest BCUT2D eigenvalue weighted by Gasteiger charge is -2.10. The zero-order valence-electron chi connectivity index (χ0n) is 11.2. The number of hydrogen-bond acceptors (Lipinski definition) is 3. The summed E-state index contributed by atoms with van der Waals surface area (Å²) in [6.07, 6.45) is 0. The van der Waals surface area contributed by atoms with Gasteiger partial charge in [-0.1, -0.05) is 0 Å². The Morgan fingerprint density at radius 3 is 2.70 bits per heavy atom. The fourth-order valence-corrected chi connectivity index (χ4v) is 2.01. The van der Waals surface area contributed by atoms with Crippen LogP contribution in [-0.4, -0.2) is 4.98 Å². The Labute approximate surface area is 115 Å². The van der Waals surface area contributed by atoms with Crippen LogP contribution in [0.5, 0.6) is 0 Å². The van der Waals surface area contributed by atoms with E-state index < -0.39 is 5.82 Å². The molecule has 0 saturated carbocycles. The summed E-state index contributed by atoms with van der Waals surface area (Å²) in [5, 5.41) is 11.6. The Morgan fingerprint density at radius 1 is 1.35 bits per heavy atom. The molecule has 2 aromatic rings. The van der Waals surface area contributed by atoms with Gasteiger partial charge in [-0.3, -0.25) is 4.79 Å². The summed E-state index contributed by atoms with van der Waals surface area (Å²) in [5.41, 5.74) is 2.57. The zero-order chi connectivity index (χ0) is 14.7. The molecule has 0 fully saturated rings. The summed E-state index contributed by atoms with van der Waals surface area (Å²) in [6.45, 7) is 3.88. The van der Waals surface area contributed by atoms with Crippen molar-refractivity contribution in [1.82, 2.24) is 4.98 Å². The molecule has 2 rings (SSSR count). The minimum atomic E-state index is -0.509. The molecule has 0 aliphatic carbocycles. The summed E-state index contributed by atoms with van der Waals surface area (Å²) in [5.74, 6) is -0.509. The number of H-pyrrole nitrogens is 1. The van der Waals surface area contributed by atoms with Crippen LogP contribution in [0.1, 0.15) is 22.4 Å². The SMILES string of the molecule is Cc1cc(C)c(CNc2ccc(C#N)cc2F)c(=O)[nH]1. The van der Waals surface area contributed by atoms with Crippen molar-refractivity contribution in [2.75, 3.05) is 5.32 Å². The lowest BCUT2D eigenvalue weighted by molar-refractivity contribution is 0.629. The molecule has 0 aliphatic heterocycles. The number of rotatable bonds is 3. The van der Waals surface area contributed by atoms with Gasteiger partial charge in [0.15, 0.2) is 0 Å². The van der Waals surface area contributed by atoms with Gasteiger partial charge >= 0.3 is 0 Å². The molecule has 20 heavy (non-hydrogen) atoms. The number of nitriles is 1. The lowest BCUT2D eigenvalue weighted by Crippen LogP contribution is -2.18. The quantitative estimate of drug-likeness (QED) is 0.901. The minimum Gasteiger partial charge on any atom is -0.378 e. The standard InChI is InChI=1S/C15H14FN3O/c1-9-5-10(2)19-15(20)12(9)8-18-14-4-3-11(7-17)6-13(14)16/h3-6,18H,8H2,1-2H3,(H,19,20). The summed E-state index contributed by atoms with van der Waals surface area (Å²) >= 11 is 0. The summed E-state index contributed by atoms with van der Waals surface area (Å²) in [6, 6.07) is 7.92. The molecule has 0 spiro atoms. The number of aryl methyl sites for hydroxylation is 2. The van der Waals surface area contributed by atoms with E-state index in [0.29, 0.717) is 5.56 Å². The maximum atomic E-state index is 13.7. The van der Waals surface area contributed by atoms with E-state index in [0.717, 1.165) is 17.3 Å². The molecule has 0 atom stereocenters. The maximum absolute atomic E-state index is 13.7. The zero-order valence-corrected chi connectivity index (χ0v) is 11.2. The lowest BCUT2D eigenvalue weighted by atomic mass is 10.1. The van der Waals surface area contributed by atoms with Crippen LogP contribution in [-0.2, 0) is 6.54 Å². The molecule has 4 nitrogen and oxygen atoms in total. The average Bonchev–Trinajstić information content (AvgIpc) is 2.39. The third kappa shape index (κ3) is 2.86. The third-order valence-electron chi connectivity index (χ3n) is 3.05. The Morgan fingerprint density at radius 2 is 2.10 bits per heavy atom. The predicted octanol–water partition coefficient (Wildman–Crippen LogP) is 2.61. The summed E-state index contributed by atoms with van der Waals surface area (Å²) in [4.78, 5) is 14.6.